The Labute approximate surface area is 143 Å². The van der Waals surface area contributed by atoms with E-state index in [9.17, 15) is 0 Å². The number of hydrogen-bond donors (Lipinski definition) is 0. The molecule has 0 N–H and O–H groups in total. The summed E-state index contributed by atoms with van der Waals surface area (Å²) in [5.41, 5.74) is 2.85. The molecule has 0 spiro atoms. The van der Waals surface area contributed by atoms with Crippen molar-refractivity contribution < 1.29 is 0 Å². The van der Waals surface area contributed by atoms with E-state index in [4.69, 9.17) is 11.6 Å². The van der Waals surface area contributed by atoms with E-state index in [1.54, 1.807) is 6.33 Å². The number of anilines is 1. The monoisotopic (exact) mass is 345 g/mol. The lowest BCUT2D eigenvalue weighted by Gasteiger charge is -2.33. The van der Waals surface area contributed by atoms with Crippen molar-refractivity contribution >= 4 is 39.2 Å². The number of likely N-dealkylation sites (N-methyl/N-ethyl adjacent to an activating group) is 1. The van der Waals surface area contributed by atoms with Crippen LogP contribution in [0.1, 0.15) is 0 Å². The maximum absolute atomic E-state index is 5.98. The van der Waals surface area contributed by atoms with Crippen molar-refractivity contribution in [3.63, 3.8) is 0 Å². The summed E-state index contributed by atoms with van der Waals surface area (Å²) in [5.74, 6) is 1.00. The molecule has 7 heteroatoms. The molecule has 118 valence electrons. The maximum atomic E-state index is 5.98. The van der Waals surface area contributed by atoms with Crippen LogP contribution in [-0.4, -0.2) is 52.5 Å². The van der Waals surface area contributed by atoms with Gasteiger partial charge in [0.05, 0.1) is 0 Å². The van der Waals surface area contributed by atoms with E-state index in [1.807, 2.05) is 24.3 Å². The average molecular weight is 346 g/mol. The van der Waals surface area contributed by atoms with E-state index in [0.717, 1.165) is 58.5 Å². The Hall–Kier alpha value is -1.76. The number of aromatic nitrogens is 3. The Morgan fingerprint density at radius 2 is 1.78 bits per heavy atom. The van der Waals surface area contributed by atoms with Gasteiger partial charge in [0, 0.05) is 36.8 Å². The van der Waals surface area contributed by atoms with Crippen LogP contribution in [0.25, 0.3) is 21.5 Å². The predicted octanol–water partition coefficient (Wildman–Crippen LogP) is 3.16. The Kier molecular flexibility index (Phi) is 3.88. The van der Waals surface area contributed by atoms with Crippen LogP contribution >= 0.6 is 23.1 Å². The standard InChI is InChI=1S/C16H16ClN5S/c1-21-6-8-22(9-7-21)16-15-14(18-10-19-16)13(20-23-15)11-2-4-12(17)5-3-11/h2-5,10H,6-9H2,1H3. The van der Waals surface area contributed by atoms with Crippen molar-refractivity contribution in [3.8, 4) is 11.3 Å². The van der Waals surface area contributed by atoms with Crippen LogP contribution in [0.5, 0.6) is 0 Å². The van der Waals surface area contributed by atoms with Gasteiger partial charge in [0.2, 0.25) is 0 Å². The van der Waals surface area contributed by atoms with Gasteiger partial charge in [-0.05, 0) is 30.7 Å². The number of benzene rings is 1. The summed E-state index contributed by atoms with van der Waals surface area (Å²) in [6, 6.07) is 7.72. The largest absolute Gasteiger partial charge is 0.353 e. The first-order valence-electron chi connectivity index (χ1n) is 7.52. The highest BCUT2D eigenvalue weighted by atomic mass is 35.5. The number of fused-ring (bicyclic) bond motifs is 1. The van der Waals surface area contributed by atoms with Gasteiger partial charge in [-0.1, -0.05) is 23.7 Å². The lowest BCUT2D eigenvalue weighted by Crippen LogP contribution is -2.44. The zero-order valence-corrected chi connectivity index (χ0v) is 14.3. The summed E-state index contributed by atoms with van der Waals surface area (Å²) in [6.07, 6.45) is 1.64. The van der Waals surface area contributed by atoms with Crippen molar-refractivity contribution in [2.75, 3.05) is 38.1 Å². The molecule has 1 saturated heterocycles. The molecule has 0 unspecified atom stereocenters. The first kappa shape index (κ1) is 14.8. The highest BCUT2D eigenvalue weighted by Crippen LogP contribution is 2.34. The van der Waals surface area contributed by atoms with Crippen molar-refractivity contribution in [2.45, 2.75) is 0 Å². The molecule has 3 heterocycles. The van der Waals surface area contributed by atoms with Gasteiger partial charge in [0.1, 0.15) is 22.2 Å². The summed E-state index contributed by atoms with van der Waals surface area (Å²) in [6.45, 7) is 4.07. The van der Waals surface area contributed by atoms with Gasteiger partial charge < -0.3 is 9.80 Å². The van der Waals surface area contributed by atoms with Crippen LogP contribution in [0.2, 0.25) is 5.02 Å². The molecule has 1 fully saturated rings. The molecule has 5 nitrogen and oxygen atoms in total. The average Bonchev–Trinajstić information content (AvgIpc) is 3.00. The Morgan fingerprint density at radius 3 is 2.52 bits per heavy atom. The predicted molar refractivity (Wildman–Crippen MR) is 95.4 cm³/mol. The van der Waals surface area contributed by atoms with E-state index >= 15 is 0 Å². The number of hydrogen-bond acceptors (Lipinski definition) is 6. The first-order chi connectivity index (χ1) is 11.2. The minimum absolute atomic E-state index is 0.723. The van der Waals surface area contributed by atoms with Gasteiger partial charge in [-0.15, -0.1) is 0 Å². The molecule has 0 amide bonds. The minimum atomic E-state index is 0.723. The molecule has 4 rings (SSSR count). The fraction of sp³-hybridized carbons (Fsp3) is 0.312. The van der Waals surface area contributed by atoms with Crippen LogP contribution < -0.4 is 4.90 Å². The van der Waals surface area contributed by atoms with Gasteiger partial charge in [0.25, 0.3) is 0 Å². The lowest BCUT2D eigenvalue weighted by atomic mass is 10.1. The van der Waals surface area contributed by atoms with Crippen LogP contribution in [0.3, 0.4) is 0 Å². The minimum Gasteiger partial charge on any atom is -0.353 e. The highest BCUT2D eigenvalue weighted by molar-refractivity contribution is 7.14. The molecule has 2 aromatic heterocycles. The summed E-state index contributed by atoms with van der Waals surface area (Å²) in [5, 5.41) is 0.723. The van der Waals surface area contributed by atoms with Gasteiger partial charge in [-0.3, -0.25) is 0 Å². The molecule has 0 saturated carbocycles. The van der Waals surface area contributed by atoms with Gasteiger partial charge in [-0.2, -0.15) is 4.37 Å². The molecule has 1 aliphatic heterocycles. The molecule has 0 radical (unpaired) electrons. The second kappa shape index (κ2) is 6.03. The number of halogens is 1. The normalized spacial score (nSPS) is 16.2. The Balaban J connectivity index is 1.76. The quantitative estimate of drug-likeness (QED) is 0.714. The van der Waals surface area contributed by atoms with Crippen LogP contribution in [0.15, 0.2) is 30.6 Å². The fourth-order valence-corrected chi connectivity index (χ4v) is 3.79. The third-order valence-corrected chi connectivity index (χ3v) is 5.24. The van der Waals surface area contributed by atoms with Crippen LogP contribution in [0.4, 0.5) is 5.82 Å². The van der Waals surface area contributed by atoms with E-state index < -0.39 is 0 Å². The Morgan fingerprint density at radius 1 is 1.04 bits per heavy atom. The SMILES string of the molecule is CN1CCN(c2ncnc3c(-c4ccc(Cl)cc4)nsc23)CC1. The molecule has 1 aromatic carbocycles. The summed E-state index contributed by atoms with van der Waals surface area (Å²) >= 11 is 7.45. The first-order valence-corrected chi connectivity index (χ1v) is 8.67. The van der Waals surface area contributed by atoms with Crippen molar-refractivity contribution in [3.05, 3.63) is 35.6 Å². The second-order valence-corrected chi connectivity index (χ2v) is 6.91. The smallest absolute Gasteiger partial charge is 0.151 e. The van der Waals surface area contributed by atoms with Gasteiger partial charge >= 0.3 is 0 Å². The third-order valence-electron chi connectivity index (χ3n) is 4.16. The van der Waals surface area contributed by atoms with E-state index in [2.05, 4.69) is 31.2 Å². The van der Waals surface area contributed by atoms with E-state index in [1.165, 1.54) is 11.5 Å². The van der Waals surface area contributed by atoms with E-state index in [-0.39, 0.29) is 0 Å². The zero-order valence-electron chi connectivity index (χ0n) is 12.7. The Bertz CT molecular complexity index is 824. The number of rotatable bonds is 2. The molecular weight excluding hydrogens is 330 g/mol. The van der Waals surface area contributed by atoms with Crippen molar-refractivity contribution in [2.24, 2.45) is 0 Å². The molecular formula is C16H16ClN5S. The highest BCUT2D eigenvalue weighted by Gasteiger charge is 2.21. The van der Waals surface area contributed by atoms with Crippen LogP contribution in [-0.2, 0) is 0 Å². The zero-order chi connectivity index (χ0) is 15.8. The van der Waals surface area contributed by atoms with Gasteiger partial charge in [-0.25, -0.2) is 9.97 Å². The molecule has 23 heavy (non-hydrogen) atoms. The molecule has 1 aliphatic rings. The van der Waals surface area contributed by atoms with E-state index in [0.29, 0.717) is 0 Å². The maximum Gasteiger partial charge on any atom is 0.151 e. The third kappa shape index (κ3) is 2.78. The molecule has 0 aliphatic carbocycles. The summed E-state index contributed by atoms with van der Waals surface area (Å²) in [7, 11) is 2.15. The molecule has 0 bridgehead atoms. The second-order valence-electron chi connectivity index (χ2n) is 5.70. The summed E-state index contributed by atoms with van der Waals surface area (Å²) < 4.78 is 5.68. The lowest BCUT2D eigenvalue weighted by molar-refractivity contribution is 0.312. The molecule has 3 aromatic rings. The molecule has 0 atom stereocenters. The topological polar surface area (TPSA) is 45.2 Å². The number of piperazine rings is 1. The number of nitrogens with zero attached hydrogens (tertiary/aromatic N) is 5. The van der Waals surface area contributed by atoms with Crippen molar-refractivity contribution in [1.82, 2.24) is 19.2 Å². The fourth-order valence-electron chi connectivity index (χ4n) is 2.79. The van der Waals surface area contributed by atoms with Gasteiger partial charge in [0.15, 0.2) is 5.82 Å². The summed E-state index contributed by atoms with van der Waals surface area (Å²) in [4.78, 5) is 13.7. The van der Waals surface area contributed by atoms with Crippen LogP contribution in [0, 0.1) is 0 Å². The van der Waals surface area contributed by atoms with Crippen molar-refractivity contribution in [1.29, 1.82) is 0 Å².